The third-order valence-corrected chi connectivity index (χ3v) is 1.62. The zero-order valence-electron chi connectivity index (χ0n) is 6.95. The van der Waals surface area contributed by atoms with Gasteiger partial charge in [-0.25, -0.2) is 4.39 Å². The number of hydrogen-bond donors (Lipinski definition) is 1. The Morgan fingerprint density at radius 1 is 1.57 bits per heavy atom. The lowest BCUT2D eigenvalue weighted by atomic mass is 10.0. The normalized spacial score (nSPS) is 9.14. The summed E-state index contributed by atoms with van der Waals surface area (Å²) < 4.78 is 13.1. The molecule has 0 radical (unpaired) electrons. The van der Waals surface area contributed by atoms with Gasteiger partial charge >= 0.3 is 0 Å². The average molecular weight is 192 g/mol. The van der Waals surface area contributed by atoms with Crippen molar-refractivity contribution >= 4 is 12.2 Å². The van der Waals surface area contributed by atoms with Crippen molar-refractivity contribution in [1.29, 1.82) is 5.26 Å². The van der Waals surface area contributed by atoms with Gasteiger partial charge in [-0.3, -0.25) is 9.59 Å². The van der Waals surface area contributed by atoms with Gasteiger partial charge in [-0.15, -0.1) is 0 Å². The first-order valence-corrected chi connectivity index (χ1v) is 3.58. The van der Waals surface area contributed by atoms with Gasteiger partial charge in [0.25, 0.3) is 5.91 Å². The van der Waals surface area contributed by atoms with E-state index in [0.29, 0.717) is 6.29 Å². The number of hydrogen-bond acceptors (Lipinski definition) is 3. The van der Waals surface area contributed by atoms with Crippen molar-refractivity contribution in [3.05, 3.63) is 34.6 Å². The fourth-order valence-electron chi connectivity index (χ4n) is 1.03. The standard InChI is InChI=1S/C9H5FN2O2/c10-7-2-5(4-13)1-6(3-11)8(7)9(12)14/h1-2,4H,(H2,12,14). The van der Waals surface area contributed by atoms with Crippen LogP contribution >= 0.6 is 0 Å². The minimum atomic E-state index is -1.03. The predicted molar refractivity (Wildman–Crippen MR) is 45.0 cm³/mol. The highest BCUT2D eigenvalue weighted by atomic mass is 19.1. The predicted octanol–water partition coefficient (Wildman–Crippen LogP) is 0.609. The Bertz CT molecular complexity index is 449. The summed E-state index contributed by atoms with van der Waals surface area (Å²) in [5.41, 5.74) is 4.13. The number of amides is 1. The third-order valence-electron chi connectivity index (χ3n) is 1.62. The van der Waals surface area contributed by atoms with Crippen LogP contribution in [0, 0.1) is 17.1 Å². The molecule has 0 fully saturated rings. The van der Waals surface area contributed by atoms with Crippen molar-refractivity contribution in [2.75, 3.05) is 0 Å². The van der Waals surface area contributed by atoms with Crippen LogP contribution in [0.1, 0.15) is 26.3 Å². The van der Waals surface area contributed by atoms with E-state index in [4.69, 9.17) is 11.0 Å². The van der Waals surface area contributed by atoms with Crippen LogP contribution < -0.4 is 5.73 Å². The molecule has 0 aliphatic heterocycles. The Morgan fingerprint density at radius 3 is 2.64 bits per heavy atom. The van der Waals surface area contributed by atoms with Gasteiger partial charge < -0.3 is 5.73 Å². The molecule has 1 rings (SSSR count). The van der Waals surface area contributed by atoms with Gasteiger partial charge in [-0.1, -0.05) is 0 Å². The highest BCUT2D eigenvalue weighted by Crippen LogP contribution is 2.14. The van der Waals surface area contributed by atoms with E-state index in [0.717, 1.165) is 12.1 Å². The summed E-state index contributed by atoms with van der Waals surface area (Å²) in [6.07, 6.45) is 0.384. The first-order valence-electron chi connectivity index (χ1n) is 3.58. The van der Waals surface area contributed by atoms with E-state index >= 15 is 0 Å². The maximum Gasteiger partial charge on any atom is 0.253 e. The lowest BCUT2D eigenvalue weighted by molar-refractivity contribution is 0.0995. The molecule has 1 aromatic rings. The summed E-state index contributed by atoms with van der Waals surface area (Å²) in [6.45, 7) is 0. The quantitative estimate of drug-likeness (QED) is 0.696. The fourth-order valence-corrected chi connectivity index (χ4v) is 1.03. The minimum absolute atomic E-state index is 0.0101. The molecule has 0 saturated heterocycles. The summed E-state index contributed by atoms with van der Waals surface area (Å²) in [5.74, 6) is -1.99. The molecule has 0 aromatic heterocycles. The molecule has 0 heterocycles. The molecule has 0 atom stereocenters. The van der Waals surface area contributed by atoms with Gasteiger partial charge in [0, 0.05) is 5.56 Å². The summed E-state index contributed by atoms with van der Waals surface area (Å²) in [5, 5.41) is 8.57. The van der Waals surface area contributed by atoms with Gasteiger partial charge in [0.2, 0.25) is 0 Å². The Hall–Kier alpha value is -2.22. The Balaban J connectivity index is 3.52. The highest BCUT2D eigenvalue weighted by molar-refractivity contribution is 5.96. The molecule has 2 N–H and O–H groups in total. The minimum Gasteiger partial charge on any atom is -0.365 e. The van der Waals surface area contributed by atoms with E-state index in [1.54, 1.807) is 6.07 Å². The zero-order chi connectivity index (χ0) is 10.7. The van der Waals surface area contributed by atoms with Crippen LogP contribution in [0.15, 0.2) is 12.1 Å². The van der Waals surface area contributed by atoms with Crippen LogP contribution in [0.5, 0.6) is 0 Å². The molecule has 0 unspecified atom stereocenters. The van der Waals surface area contributed by atoms with Crippen molar-refractivity contribution in [2.24, 2.45) is 5.73 Å². The SMILES string of the molecule is N#Cc1cc(C=O)cc(F)c1C(N)=O. The van der Waals surface area contributed by atoms with Gasteiger partial charge in [0.1, 0.15) is 18.2 Å². The molecular weight excluding hydrogens is 187 g/mol. The number of nitrogens with two attached hydrogens (primary N) is 1. The van der Waals surface area contributed by atoms with E-state index in [1.807, 2.05) is 0 Å². The lowest BCUT2D eigenvalue weighted by Crippen LogP contribution is -2.15. The van der Waals surface area contributed by atoms with Crippen LogP contribution in [0.3, 0.4) is 0 Å². The van der Waals surface area contributed by atoms with Gasteiger partial charge in [0.05, 0.1) is 11.1 Å². The number of benzene rings is 1. The van der Waals surface area contributed by atoms with Gasteiger partial charge in [-0.05, 0) is 12.1 Å². The first kappa shape index (κ1) is 9.86. The molecule has 70 valence electrons. The number of nitriles is 1. The molecule has 5 heteroatoms. The molecule has 4 nitrogen and oxygen atoms in total. The maximum atomic E-state index is 13.1. The van der Waals surface area contributed by atoms with E-state index in [2.05, 4.69) is 0 Å². The monoisotopic (exact) mass is 192 g/mol. The van der Waals surface area contributed by atoms with Crippen LogP contribution in [0.25, 0.3) is 0 Å². The molecule has 1 amide bonds. The van der Waals surface area contributed by atoms with Crippen molar-refractivity contribution in [3.8, 4) is 6.07 Å². The summed E-state index contributed by atoms with van der Waals surface area (Å²) in [4.78, 5) is 21.1. The van der Waals surface area contributed by atoms with Crippen LogP contribution in [0.2, 0.25) is 0 Å². The van der Waals surface area contributed by atoms with Crippen molar-refractivity contribution in [3.63, 3.8) is 0 Å². The molecule has 0 spiro atoms. The second kappa shape index (κ2) is 3.66. The number of nitrogens with zero attached hydrogens (tertiary/aromatic N) is 1. The molecule has 1 aromatic carbocycles. The number of carbonyl (C=O) groups excluding carboxylic acids is 2. The van der Waals surface area contributed by atoms with Crippen molar-refractivity contribution in [1.82, 2.24) is 0 Å². The summed E-state index contributed by atoms with van der Waals surface area (Å²) in [7, 11) is 0. The Morgan fingerprint density at radius 2 is 2.21 bits per heavy atom. The number of carbonyl (C=O) groups is 2. The van der Waals surface area contributed by atoms with E-state index in [-0.39, 0.29) is 11.1 Å². The van der Waals surface area contributed by atoms with Gasteiger partial charge in [-0.2, -0.15) is 5.26 Å². The fraction of sp³-hybridized carbons (Fsp3) is 0. The lowest BCUT2D eigenvalue weighted by Gasteiger charge is -2.01. The van der Waals surface area contributed by atoms with Crippen molar-refractivity contribution in [2.45, 2.75) is 0 Å². The molecule has 0 bridgehead atoms. The molecule has 0 aliphatic rings. The van der Waals surface area contributed by atoms with Crippen molar-refractivity contribution < 1.29 is 14.0 Å². The van der Waals surface area contributed by atoms with Gasteiger partial charge in [0.15, 0.2) is 0 Å². The number of aldehydes is 1. The number of primary amides is 1. The van der Waals surface area contributed by atoms with E-state index in [1.165, 1.54) is 0 Å². The van der Waals surface area contributed by atoms with Crippen LogP contribution in [-0.4, -0.2) is 12.2 Å². The maximum absolute atomic E-state index is 13.1. The topological polar surface area (TPSA) is 83.9 Å². The smallest absolute Gasteiger partial charge is 0.253 e. The molecule has 0 saturated carbocycles. The molecule has 0 aliphatic carbocycles. The second-order valence-electron chi connectivity index (χ2n) is 2.52. The Kier molecular flexibility index (Phi) is 2.58. The van der Waals surface area contributed by atoms with E-state index < -0.39 is 17.3 Å². The summed E-state index contributed by atoms with van der Waals surface area (Å²) >= 11 is 0. The van der Waals surface area contributed by atoms with E-state index in [9.17, 15) is 14.0 Å². The third kappa shape index (κ3) is 1.59. The largest absolute Gasteiger partial charge is 0.365 e. The first-order chi connectivity index (χ1) is 6.60. The van der Waals surface area contributed by atoms with Crippen LogP contribution in [-0.2, 0) is 0 Å². The average Bonchev–Trinajstić information content (AvgIpc) is 2.15. The van der Waals surface area contributed by atoms with Crippen LogP contribution in [0.4, 0.5) is 4.39 Å². The molecular formula is C9H5FN2O2. The Labute approximate surface area is 78.7 Å². The second-order valence-corrected chi connectivity index (χ2v) is 2.52. The zero-order valence-corrected chi connectivity index (χ0v) is 6.95. The summed E-state index contributed by atoms with van der Waals surface area (Å²) in [6, 6.07) is 3.56. The number of rotatable bonds is 2. The highest BCUT2D eigenvalue weighted by Gasteiger charge is 2.15. The molecule has 14 heavy (non-hydrogen) atoms. The number of halogens is 1.